The van der Waals surface area contributed by atoms with E-state index >= 15 is 0 Å². The van der Waals surface area contributed by atoms with Gasteiger partial charge in [0.05, 0.1) is 16.1 Å². The molecule has 1 atom stereocenters. The number of phenolic OH excluding ortho intramolecular Hbond substituents is 3. The number of phenols is 3. The van der Waals surface area contributed by atoms with E-state index in [9.17, 15) is 19.2 Å². The molecule has 0 aliphatic carbocycles. The summed E-state index contributed by atoms with van der Waals surface area (Å²) in [5.41, 5.74) is 11.0. The van der Waals surface area contributed by atoms with Crippen LogP contribution in [0, 0.1) is 27.7 Å². The Morgan fingerprint density at radius 2 is 0.806 bits per heavy atom. The molecule has 18 nitrogen and oxygen atoms in total. The highest BCUT2D eigenvalue weighted by Crippen LogP contribution is 2.32. The maximum atomic E-state index is 12.0. The van der Waals surface area contributed by atoms with Gasteiger partial charge in [0, 0.05) is 55.2 Å². The number of aliphatic hydroxyl groups excluding tert-OH is 1. The lowest BCUT2D eigenvalue weighted by Gasteiger charge is -2.14. The molecule has 0 radical (unpaired) electrons. The third-order valence-electron chi connectivity index (χ3n) is 13.2. The number of halogens is 2. The summed E-state index contributed by atoms with van der Waals surface area (Å²) in [6.07, 6.45) is 10.5. The number of aryl methyl sites for hydroxylation is 4. The summed E-state index contributed by atoms with van der Waals surface area (Å²) in [6.45, 7) is 9.81. The van der Waals surface area contributed by atoms with Crippen molar-refractivity contribution in [3.63, 3.8) is 0 Å². The standard InChI is InChI=1S/C22H19N3O4.C20H17NO3.C14H14O2.C8H9Br.C6H4ClNO.C6H6O2.CH4O.CH4/c1-14-3-2-4-15(11-14)13-28-16-5-7-17(8-6-16)29-19-9-10-23-12-18(19)20-21(26)25-22(27)24-20;1-15-3-2-4-16(11-15)14-23-18-5-7-19(8-6-18)24-20-9-10-21-12-17(20)13-22;1-11-3-2-4-12(9-11)10-16-14-7-5-13(15)6-8-14;1-7-3-2-4-8(5-7)6-9;7-6-1-2-8-3-5(6)4-9;7-5-1-2-6(8)4-3-5;1-2;/h2-12,20H,13H2,1H3,(H2,24,25,26,27);2-13H,14H2,1H3;2-9,15H,10H2,1H3;2-5H,6H2,1H3;1-4H;1-4,7-8H;2H,1H3;1H4. The Morgan fingerprint density at radius 3 is 1.17 bits per heavy atom. The van der Waals surface area contributed by atoms with Crippen LogP contribution in [0.1, 0.15) is 84.3 Å². The summed E-state index contributed by atoms with van der Waals surface area (Å²) in [4.78, 5) is 56.1. The molecule has 98 heavy (non-hydrogen) atoms. The van der Waals surface area contributed by atoms with Crippen molar-refractivity contribution < 1.29 is 63.3 Å². The highest BCUT2D eigenvalue weighted by atomic mass is 79.9. The van der Waals surface area contributed by atoms with E-state index in [1.807, 2.05) is 73.7 Å². The molecule has 1 fully saturated rings. The van der Waals surface area contributed by atoms with E-state index in [1.165, 1.54) is 76.9 Å². The fourth-order valence-corrected chi connectivity index (χ4v) is 9.05. The summed E-state index contributed by atoms with van der Waals surface area (Å²) >= 11 is 8.94. The minimum Gasteiger partial charge on any atom is -0.508 e. The van der Waals surface area contributed by atoms with Gasteiger partial charge in [0.1, 0.15) is 83.4 Å². The van der Waals surface area contributed by atoms with E-state index in [2.05, 4.69) is 117 Å². The van der Waals surface area contributed by atoms with E-state index in [1.54, 1.807) is 79.1 Å². The summed E-state index contributed by atoms with van der Waals surface area (Å²) in [5.74, 6) is 4.52. The van der Waals surface area contributed by atoms with Crippen molar-refractivity contribution in [1.82, 2.24) is 25.6 Å². The molecule has 0 spiro atoms. The van der Waals surface area contributed by atoms with E-state index in [0.29, 0.717) is 70.8 Å². The van der Waals surface area contributed by atoms with Gasteiger partial charge in [-0.15, -0.1) is 0 Å². The van der Waals surface area contributed by atoms with Gasteiger partial charge < -0.3 is 49.4 Å². The number of hydrogen-bond donors (Lipinski definition) is 6. The number of carbonyl (C=O) groups is 4. The zero-order valence-corrected chi connectivity index (χ0v) is 56.1. The number of aromatic hydroxyl groups is 3. The molecule has 12 rings (SSSR count). The van der Waals surface area contributed by atoms with Crippen LogP contribution in [-0.2, 0) is 29.9 Å². The molecule has 4 heterocycles. The van der Waals surface area contributed by atoms with Crippen molar-refractivity contribution in [2.75, 3.05) is 7.11 Å². The van der Waals surface area contributed by atoms with Crippen molar-refractivity contribution in [3.8, 4) is 57.5 Å². The zero-order chi connectivity index (χ0) is 69.7. The van der Waals surface area contributed by atoms with Crippen molar-refractivity contribution in [3.05, 3.63) is 316 Å². The zero-order valence-electron chi connectivity index (χ0n) is 53.8. The molecule has 20 heteroatoms. The molecule has 1 aliphatic rings. The Bertz CT molecular complexity index is 4200. The molecule has 3 aromatic heterocycles. The highest BCUT2D eigenvalue weighted by molar-refractivity contribution is 9.08. The first-order valence-electron chi connectivity index (χ1n) is 30.0. The number of aliphatic hydroxyl groups is 1. The minimum absolute atomic E-state index is 0. The van der Waals surface area contributed by atoms with Gasteiger partial charge in [0.2, 0.25) is 0 Å². The third-order valence-corrected chi connectivity index (χ3v) is 14.2. The molecule has 6 N–H and O–H groups in total. The van der Waals surface area contributed by atoms with Gasteiger partial charge in [-0.05, 0) is 165 Å². The Balaban J connectivity index is 0.000000225. The van der Waals surface area contributed by atoms with Gasteiger partial charge in [-0.2, -0.15) is 0 Å². The smallest absolute Gasteiger partial charge is 0.322 e. The summed E-state index contributed by atoms with van der Waals surface area (Å²) < 4.78 is 28.8. The molecule has 8 aromatic carbocycles. The first-order valence-corrected chi connectivity index (χ1v) is 31.5. The number of imide groups is 1. The average Bonchev–Trinajstić information content (AvgIpc) is 1.63. The number of benzene rings is 8. The Hall–Kier alpha value is -11.4. The molecule has 11 aromatic rings. The molecule has 1 saturated heterocycles. The van der Waals surface area contributed by atoms with Crippen molar-refractivity contribution in [1.29, 1.82) is 0 Å². The summed E-state index contributed by atoms with van der Waals surface area (Å²) in [5, 5.41) is 39.6. The van der Waals surface area contributed by atoms with Crippen LogP contribution in [0.4, 0.5) is 4.79 Å². The first kappa shape index (κ1) is 77.3. The van der Waals surface area contributed by atoms with Gasteiger partial charge in [-0.1, -0.05) is 154 Å². The number of alkyl halides is 1. The second-order valence-electron chi connectivity index (χ2n) is 21.0. The normalized spacial score (nSPS) is 11.2. The van der Waals surface area contributed by atoms with E-state index in [0.717, 1.165) is 52.7 Å². The summed E-state index contributed by atoms with van der Waals surface area (Å²) in [6, 6.07) is 63.5. The largest absolute Gasteiger partial charge is 0.508 e. The number of ether oxygens (including phenoxy) is 5. The third kappa shape index (κ3) is 27.5. The van der Waals surface area contributed by atoms with Crippen LogP contribution < -0.4 is 34.3 Å². The predicted molar refractivity (Wildman–Crippen MR) is 384 cm³/mol. The van der Waals surface area contributed by atoms with Gasteiger partial charge >= 0.3 is 6.03 Å². The molecular formula is C78H77BrClN5O13. The number of nitrogens with one attached hydrogen (secondary N) is 2. The predicted octanol–water partition coefficient (Wildman–Crippen LogP) is 17.3. The van der Waals surface area contributed by atoms with Crippen molar-refractivity contribution in [2.24, 2.45) is 0 Å². The molecule has 0 bridgehead atoms. The fraction of sp³-hybridized carbons (Fsp3) is 0.141. The second kappa shape index (κ2) is 42.1. The van der Waals surface area contributed by atoms with Crippen LogP contribution >= 0.6 is 27.5 Å². The molecule has 1 aliphatic heterocycles. The monoisotopic (exact) mass is 1410 g/mol. The van der Waals surface area contributed by atoms with Gasteiger partial charge in [0.25, 0.3) is 5.91 Å². The van der Waals surface area contributed by atoms with Gasteiger partial charge in [-0.3, -0.25) is 34.7 Å². The summed E-state index contributed by atoms with van der Waals surface area (Å²) in [7, 11) is 1.00. The van der Waals surface area contributed by atoms with Crippen LogP contribution in [0.15, 0.2) is 250 Å². The number of urea groups is 1. The number of pyridine rings is 3. The molecule has 1 unspecified atom stereocenters. The minimum atomic E-state index is -0.830. The lowest BCUT2D eigenvalue weighted by atomic mass is 10.1. The van der Waals surface area contributed by atoms with Crippen LogP contribution in [0.2, 0.25) is 5.02 Å². The number of amides is 3. The quantitative estimate of drug-likeness (QED) is 0.0214. The maximum Gasteiger partial charge on any atom is 0.322 e. The number of aromatic nitrogens is 3. The second-order valence-corrected chi connectivity index (χ2v) is 21.9. The molecule has 3 amide bonds. The van der Waals surface area contributed by atoms with Crippen LogP contribution in [0.25, 0.3) is 0 Å². The average molecular weight is 1410 g/mol. The number of aldehydes is 2. The van der Waals surface area contributed by atoms with Crippen LogP contribution in [0.3, 0.4) is 0 Å². The molecule has 0 saturated carbocycles. The lowest BCUT2D eigenvalue weighted by molar-refractivity contribution is -0.120. The molecular weight excluding hydrogens is 1330 g/mol. The van der Waals surface area contributed by atoms with Crippen molar-refractivity contribution >= 4 is 52.0 Å². The highest BCUT2D eigenvalue weighted by Gasteiger charge is 2.33. The van der Waals surface area contributed by atoms with Crippen molar-refractivity contribution in [2.45, 2.75) is 66.3 Å². The van der Waals surface area contributed by atoms with Crippen LogP contribution in [-0.4, -0.2) is 67.0 Å². The Labute approximate surface area is 584 Å². The Morgan fingerprint density at radius 1 is 0.459 bits per heavy atom. The number of carbonyl (C=O) groups excluding carboxylic acids is 4. The molecule has 506 valence electrons. The SMILES string of the molecule is C.CO.Cc1cccc(CBr)c1.Cc1cccc(COc2ccc(O)cc2)c1.Cc1cccc(COc2ccc(Oc3ccncc3C3NC(=O)NC3=O)cc2)c1.Cc1cccc(COc2ccc(Oc3ccncc3C=O)cc2)c1.O=Cc1cnccc1Cl.Oc1ccc(O)cc1. The Kier molecular flexibility index (Phi) is 33.2. The number of nitrogens with zero attached hydrogens (tertiary/aromatic N) is 3. The first-order chi connectivity index (χ1) is 47.0. The maximum absolute atomic E-state index is 12.0. The van der Waals surface area contributed by atoms with Crippen LogP contribution in [0.5, 0.6) is 57.5 Å². The fourth-order valence-electron chi connectivity index (χ4n) is 8.55. The van der Waals surface area contributed by atoms with E-state index in [4.69, 9.17) is 55.7 Å². The topological polar surface area (TPSA) is 258 Å². The van der Waals surface area contributed by atoms with Gasteiger partial charge in [-0.25, -0.2) is 4.79 Å². The lowest BCUT2D eigenvalue weighted by Crippen LogP contribution is -2.22. The van der Waals surface area contributed by atoms with E-state index < -0.39 is 18.0 Å². The van der Waals surface area contributed by atoms with E-state index in [-0.39, 0.29) is 24.7 Å². The van der Waals surface area contributed by atoms with Gasteiger partial charge in [0.15, 0.2) is 12.6 Å². The number of hydrogen-bond acceptors (Lipinski definition) is 16. The number of rotatable bonds is 17.